The van der Waals surface area contributed by atoms with Gasteiger partial charge in [0.15, 0.2) is 0 Å². The first-order valence-corrected chi connectivity index (χ1v) is 11.2. The largest absolute Gasteiger partial charge is 0.328 e. The minimum atomic E-state index is -3.57. The number of nitrogens with two attached hydrogens (primary N) is 1. The zero-order chi connectivity index (χ0) is 19.4. The summed E-state index contributed by atoms with van der Waals surface area (Å²) in [6, 6.07) is 6.64. The van der Waals surface area contributed by atoms with Crippen LogP contribution >= 0.6 is 0 Å². The lowest BCUT2D eigenvalue weighted by Gasteiger charge is -2.25. The normalized spacial score (nSPS) is 25.7. The number of hydrogen-bond acceptors (Lipinski definition) is 5. The number of benzene rings is 1. The van der Waals surface area contributed by atoms with Gasteiger partial charge < -0.3 is 16.0 Å². The maximum atomic E-state index is 13.0. The molecule has 1 aromatic carbocycles. The van der Waals surface area contributed by atoms with Crippen LogP contribution in [0.5, 0.6) is 0 Å². The Balaban J connectivity index is 1.71. The number of rotatable bonds is 4. The second kappa shape index (κ2) is 8.68. The van der Waals surface area contributed by atoms with Crippen LogP contribution in [0.15, 0.2) is 29.2 Å². The van der Waals surface area contributed by atoms with Crippen LogP contribution in [0.3, 0.4) is 0 Å². The molecular formula is C19H30N4O3S. The van der Waals surface area contributed by atoms with Crippen molar-refractivity contribution in [2.45, 2.75) is 43.0 Å². The second-order valence-corrected chi connectivity index (χ2v) is 9.64. The quantitative estimate of drug-likeness (QED) is 0.806. The van der Waals surface area contributed by atoms with E-state index in [0.29, 0.717) is 25.2 Å². The van der Waals surface area contributed by atoms with Gasteiger partial charge in [0.1, 0.15) is 0 Å². The molecule has 2 unspecified atom stereocenters. The summed E-state index contributed by atoms with van der Waals surface area (Å²) in [6.07, 6.45) is 4.25. The molecule has 0 aromatic heterocycles. The van der Waals surface area contributed by atoms with Gasteiger partial charge in [-0.1, -0.05) is 12.5 Å². The fourth-order valence-electron chi connectivity index (χ4n) is 3.86. The number of nitrogens with one attached hydrogen (secondary N) is 1. The lowest BCUT2D eigenvalue weighted by atomic mass is 9.85. The summed E-state index contributed by atoms with van der Waals surface area (Å²) < 4.78 is 27.6. The van der Waals surface area contributed by atoms with Gasteiger partial charge in [0.25, 0.3) is 0 Å². The number of hydrogen-bond donors (Lipinski definition) is 2. The number of amides is 1. The fourth-order valence-corrected chi connectivity index (χ4v) is 5.37. The Kier molecular flexibility index (Phi) is 6.52. The summed E-state index contributed by atoms with van der Waals surface area (Å²) in [5, 5.41) is 2.88. The van der Waals surface area contributed by atoms with Crippen LogP contribution in [0.25, 0.3) is 0 Å². The van der Waals surface area contributed by atoms with Gasteiger partial charge in [-0.05, 0) is 57.5 Å². The summed E-state index contributed by atoms with van der Waals surface area (Å²) in [6.45, 7) is 2.61. The Bertz CT molecular complexity index is 768. The molecule has 3 N–H and O–H groups in total. The van der Waals surface area contributed by atoms with Gasteiger partial charge in [-0.2, -0.15) is 4.31 Å². The van der Waals surface area contributed by atoms with Crippen LogP contribution in [-0.4, -0.2) is 62.8 Å². The average Bonchev–Trinajstić information content (AvgIpc) is 2.87. The lowest BCUT2D eigenvalue weighted by Crippen LogP contribution is -2.35. The number of carbonyl (C=O) groups is 1. The van der Waals surface area contributed by atoms with E-state index >= 15 is 0 Å². The lowest BCUT2D eigenvalue weighted by molar-refractivity contribution is -0.120. The Hall–Kier alpha value is -1.48. The minimum Gasteiger partial charge on any atom is -0.328 e. The smallest absolute Gasteiger partial charge is 0.243 e. The van der Waals surface area contributed by atoms with E-state index in [4.69, 9.17) is 5.73 Å². The number of anilines is 1. The number of nitrogens with zero attached hydrogens (tertiary/aromatic N) is 2. The number of sulfonamides is 1. The van der Waals surface area contributed by atoms with E-state index in [1.165, 1.54) is 4.31 Å². The van der Waals surface area contributed by atoms with Crippen molar-refractivity contribution in [1.82, 2.24) is 9.21 Å². The molecule has 0 radical (unpaired) electrons. The first-order valence-electron chi connectivity index (χ1n) is 9.71. The molecule has 2 aliphatic rings. The number of carbonyl (C=O) groups excluding carboxylic acids is 1. The highest BCUT2D eigenvalue weighted by Crippen LogP contribution is 2.26. The van der Waals surface area contributed by atoms with Crippen molar-refractivity contribution >= 4 is 21.6 Å². The summed E-state index contributed by atoms with van der Waals surface area (Å²) in [5.41, 5.74) is 6.49. The molecule has 0 bridgehead atoms. The third-order valence-electron chi connectivity index (χ3n) is 5.50. The molecule has 1 aliphatic heterocycles. The molecule has 150 valence electrons. The number of likely N-dealkylation sites (N-methyl/N-ethyl adjacent to an activating group) is 1. The standard InChI is InChI=1S/C19H30N4O3S/c1-22-9-4-10-23(12-11-22)27(25,26)18-8-3-7-17(14-18)21-19(24)15-5-2-6-16(20)13-15/h3,7-8,14-16H,2,4-6,9-13,20H2,1H3,(H,21,24). The van der Waals surface area contributed by atoms with Crippen molar-refractivity contribution in [1.29, 1.82) is 0 Å². The maximum absolute atomic E-state index is 13.0. The molecule has 1 amide bonds. The SMILES string of the molecule is CN1CCCN(S(=O)(=O)c2cccc(NC(=O)C3CCCC(N)C3)c2)CC1. The van der Waals surface area contributed by atoms with Crippen LogP contribution in [0.4, 0.5) is 5.69 Å². The molecule has 2 fully saturated rings. The van der Waals surface area contributed by atoms with Crippen LogP contribution < -0.4 is 11.1 Å². The third kappa shape index (κ3) is 5.07. The van der Waals surface area contributed by atoms with E-state index in [-0.39, 0.29) is 22.8 Å². The van der Waals surface area contributed by atoms with Crippen molar-refractivity contribution in [2.24, 2.45) is 11.7 Å². The Labute approximate surface area is 161 Å². The van der Waals surface area contributed by atoms with Crippen molar-refractivity contribution in [3.05, 3.63) is 24.3 Å². The maximum Gasteiger partial charge on any atom is 0.243 e. The van der Waals surface area contributed by atoms with Gasteiger partial charge in [-0.15, -0.1) is 0 Å². The van der Waals surface area contributed by atoms with Crippen LogP contribution in [-0.2, 0) is 14.8 Å². The van der Waals surface area contributed by atoms with E-state index in [9.17, 15) is 13.2 Å². The Morgan fingerprint density at radius 1 is 1.15 bits per heavy atom. The van der Waals surface area contributed by atoms with E-state index in [0.717, 1.165) is 38.8 Å². The third-order valence-corrected chi connectivity index (χ3v) is 7.40. The monoisotopic (exact) mass is 394 g/mol. The molecule has 1 saturated carbocycles. The van der Waals surface area contributed by atoms with Crippen LogP contribution in [0.1, 0.15) is 32.1 Å². The minimum absolute atomic E-state index is 0.0716. The van der Waals surface area contributed by atoms with E-state index in [1.807, 2.05) is 7.05 Å². The molecule has 3 rings (SSSR count). The predicted molar refractivity (Wildman–Crippen MR) is 106 cm³/mol. The van der Waals surface area contributed by atoms with Crippen molar-refractivity contribution in [3.63, 3.8) is 0 Å². The van der Waals surface area contributed by atoms with Gasteiger partial charge in [0.05, 0.1) is 4.90 Å². The highest BCUT2D eigenvalue weighted by molar-refractivity contribution is 7.89. The molecule has 2 atom stereocenters. The van der Waals surface area contributed by atoms with Crippen molar-refractivity contribution in [3.8, 4) is 0 Å². The Morgan fingerprint density at radius 2 is 1.96 bits per heavy atom. The molecule has 1 aliphatic carbocycles. The highest BCUT2D eigenvalue weighted by atomic mass is 32.2. The summed E-state index contributed by atoms with van der Waals surface area (Å²) in [7, 11) is -1.56. The first kappa shape index (κ1) is 20.3. The van der Waals surface area contributed by atoms with Gasteiger partial charge in [-0.3, -0.25) is 4.79 Å². The van der Waals surface area contributed by atoms with Gasteiger partial charge in [0.2, 0.25) is 15.9 Å². The van der Waals surface area contributed by atoms with Crippen molar-refractivity contribution < 1.29 is 13.2 Å². The zero-order valence-corrected chi connectivity index (χ0v) is 16.7. The van der Waals surface area contributed by atoms with Gasteiger partial charge in [-0.25, -0.2) is 8.42 Å². The highest BCUT2D eigenvalue weighted by Gasteiger charge is 2.28. The molecule has 27 heavy (non-hydrogen) atoms. The van der Waals surface area contributed by atoms with Gasteiger partial charge >= 0.3 is 0 Å². The van der Waals surface area contributed by atoms with E-state index < -0.39 is 10.0 Å². The zero-order valence-electron chi connectivity index (χ0n) is 15.9. The molecule has 8 heteroatoms. The van der Waals surface area contributed by atoms with E-state index in [2.05, 4.69) is 10.2 Å². The summed E-state index contributed by atoms with van der Waals surface area (Å²) >= 11 is 0. The first-order chi connectivity index (χ1) is 12.9. The fraction of sp³-hybridized carbons (Fsp3) is 0.632. The van der Waals surface area contributed by atoms with Crippen LogP contribution in [0, 0.1) is 5.92 Å². The molecule has 0 spiro atoms. The van der Waals surface area contributed by atoms with Gasteiger partial charge in [0, 0.05) is 37.3 Å². The van der Waals surface area contributed by atoms with Crippen molar-refractivity contribution in [2.75, 3.05) is 38.5 Å². The average molecular weight is 395 g/mol. The van der Waals surface area contributed by atoms with E-state index in [1.54, 1.807) is 24.3 Å². The molecule has 1 saturated heterocycles. The van der Waals surface area contributed by atoms with Crippen LogP contribution in [0.2, 0.25) is 0 Å². The summed E-state index contributed by atoms with van der Waals surface area (Å²) in [5.74, 6) is -0.175. The molecule has 1 aromatic rings. The summed E-state index contributed by atoms with van der Waals surface area (Å²) in [4.78, 5) is 14.9. The molecule has 1 heterocycles. The predicted octanol–water partition coefficient (Wildman–Crippen LogP) is 1.47. The Morgan fingerprint density at radius 3 is 2.74 bits per heavy atom. The molecular weight excluding hydrogens is 364 g/mol. The molecule has 7 nitrogen and oxygen atoms in total. The topological polar surface area (TPSA) is 95.7 Å². The second-order valence-electron chi connectivity index (χ2n) is 7.70.